The van der Waals surface area contributed by atoms with Crippen LogP contribution in [0.1, 0.15) is 29.9 Å². The van der Waals surface area contributed by atoms with Crippen LogP contribution in [-0.4, -0.2) is 22.6 Å². The van der Waals surface area contributed by atoms with Crippen molar-refractivity contribution in [3.05, 3.63) is 69.9 Å². The van der Waals surface area contributed by atoms with Gasteiger partial charge < -0.3 is 10.1 Å². The minimum Gasteiger partial charge on any atom is -0.497 e. The van der Waals surface area contributed by atoms with Gasteiger partial charge in [0.2, 0.25) is 5.91 Å². The highest BCUT2D eigenvalue weighted by molar-refractivity contribution is 5.85. The van der Waals surface area contributed by atoms with E-state index in [0.29, 0.717) is 5.69 Å². The molecule has 3 aromatic rings. The van der Waals surface area contributed by atoms with Gasteiger partial charge in [-0.2, -0.15) is 4.98 Å². The van der Waals surface area contributed by atoms with Crippen LogP contribution in [0.15, 0.2) is 47.3 Å². The highest BCUT2D eigenvalue weighted by Crippen LogP contribution is 2.24. The van der Waals surface area contributed by atoms with Gasteiger partial charge in [-0.25, -0.2) is 4.79 Å². The fraction of sp³-hybridized carbons (Fsp3) is 0.286. The van der Waals surface area contributed by atoms with Crippen LogP contribution in [0.3, 0.4) is 0 Å². The number of methoxy groups -OCH3 is 1. The Bertz CT molecular complexity index is 1060. The van der Waals surface area contributed by atoms with Crippen LogP contribution in [0.25, 0.3) is 10.8 Å². The number of carbonyl (C=O) groups is 1. The molecule has 140 valence electrons. The van der Waals surface area contributed by atoms with E-state index < -0.39 is 5.69 Å². The topological polar surface area (TPSA) is 73.2 Å². The van der Waals surface area contributed by atoms with Crippen molar-refractivity contribution < 1.29 is 9.53 Å². The summed E-state index contributed by atoms with van der Waals surface area (Å²) in [6, 6.07) is 13.5. The van der Waals surface area contributed by atoms with Gasteiger partial charge in [0.15, 0.2) is 0 Å². The Morgan fingerprint density at radius 1 is 1.15 bits per heavy atom. The van der Waals surface area contributed by atoms with Crippen LogP contribution < -0.4 is 15.7 Å². The molecule has 0 aliphatic rings. The van der Waals surface area contributed by atoms with Crippen molar-refractivity contribution in [2.75, 3.05) is 7.11 Å². The minimum absolute atomic E-state index is 0.0485. The number of amides is 1. The second kappa shape index (κ2) is 7.61. The Labute approximate surface area is 157 Å². The van der Waals surface area contributed by atoms with E-state index in [1.807, 2.05) is 43.3 Å². The van der Waals surface area contributed by atoms with E-state index in [-0.39, 0.29) is 18.5 Å². The summed E-state index contributed by atoms with van der Waals surface area (Å²) in [6.45, 7) is 5.43. The van der Waals surface area contributed by atoms with Crippen LogP contribution in [0.4, 0.5) is 0 Å². The summed E-state index contributed by atoms with van der Waals surface area (Å²) in [4.78, 5) is 28.3. The van der Waals surface area contributed by atoms with Gasteiger partial charge in [-0.15, -0.1) is 0 Å². The Balaban J connectivity index is 1.75. The Kier molecular flexibility index (Phi) is 5.26. The molecule has 6 nitrogen and oxygen atoms in total. The van der Waals surface area contributed by atoms with Crippen LogP contribution in [-0.2, 0) is 11.3 Å². The molecule has 1 atom stereocenters. The number of ether oxygens (including phenoxy) is 1. The van der Waals surface area contributed by atoms with E-state index >= 15 is 0 Å². The Hall–Kier alpha value is -3.15. The Morgan fingerprint density at radius 2 is 1.85 bits per heavy atom. The van der Waals surface area contributed by atoms with Crippen LogP contribution >= 0.6 is 0 Å². The molecule has 27 heavy (non-hydrogen) atoms. The first kappa shape index (κ1) is 18.6. The third-order valence-corrected chi connectivity index (χ3v) is 4.60. The molecule has 0 fully saturated rings. The van der Waals surface area contributed by atoms with E-state index in [1.165, 1.54) is 4.57 Å². The highest BCUT2D eigenvalue weighted by atomic mass is 16.5. The number of hydrogen-bond donors (Lipinski definition) is 1. The number of benzene rings is 2. The summed E-state index contributed by atoms with van der Waals surface area (Å²) >= 11 is 0. The molecule has 2 aromatic carbocycles. The van der Waals surface area contributed by atoms with Crippen molar-refractivity contribution in [2.24, 2.45) is 0 Å². The molecular formula is C21H23N3O3. The summed E-state index contributed by atoms with van der Waals surface area (Å²) in [5, 5.41) is 5.10. The standard InChI is InChI=1S/C21H23N3O3/c1-13-9-14(2)24(21(26)22-13)12-20(25)23-15(3)16-5-6-18-11-19(27-4)8-7-17(18)10-16/h5-11,15H,12H2,1-4H3,(H,23,25)/t15-/m0/s1. The summed E-state index contributed by atoms with van der Waals surface area (Å²) in [5.41, 5.74) is 1.95. The van der Waals surface area contributed by atoms with Gasteiger partial charge in [0, 0.05) is 11.4 Å². The lowest BCUT2D eigenvalue weighted by molar-refractivity contribution is -0.122. The lowest BCUT2D eigenvalue weighted by Crippen LogP contribution is -2.35. The second-order valence-electron chi connectivity index (χ2n) is 6.67. The van der Waals surface area contributed by atoms with E-state index in [4.69, 9.17) is 4.74 Å². The lowest BCUT2D eigenvalue weighted by atomic mass is 10.0. The van der Waals surface area contributed by atoms with E-state index in [1.54, 1.807) is 27.0 Å². The molecule has 0 aliphatic carbocycles. The van der Waals surface area contributed by atoms with Crippen molar-refractivity contribution in [3.8, 4) is 5.75 Å². The second-order valence-corrected chi connectivity index (χ2v) is 6.67. The molecule has 0 spiro atoms. The van der Waals surface area contributed by atoms with Gasteiger partial charge >= 0.3 is 5.69 Å². The molecule has 6 heteroatoms. The van der Waals surface area contributed by atoms with Gasteiger partial charge in [-0.05, 0) is 61.4 Å². The fourth-order valence-electron chi connectivity index (χ4n) is 3.12. The van der Waals surface area contributed by atoms with Crippen molar-refractivity contribution in [1.82, 2.24) is 14.9 Å². The lowest BCUT2D eigenvalue weighted by Gasteiger charge is -2.16. The fourth-order valence-corrected chi connectivity index (χ4v) is 3.12. The third kappa shape index (κ3) is 4.16. The third-order valence-electron chi connectivity index (χ3n) is 4.60. The number of carbonyl (C=O) groups excluding carboxylic acids is 1. The molecular weight excluding hydrogens is 342 g/mol. The number of rotatable bonds is 5. The van der Waals surface area contributed by atoms with Crippen LogP contribution in [0.2, 0.25) is 0 Å². The van der Waals surface area contributed by atoms with Crippen molar-refractivity contribution in [1.29, 1.82) is 0 Å². The summed E-state index contributed by atoms with van der Waals surface area (Å²) in [6.07, 6.45) is 0. The zero-order valence-corrected chi connectivity index (χ0v) is 15.9. The summed E-state index contributed by atoms with van der Waals surface area (Å²) in [7, 11) is 1.64. The van der Waals surface area contributed by atoms with Crippen molar-refractivity contribution in [2.45, 2.75) is 33.4 Å². The number of nitrogens with zero attached hydrogens (tertiary/aromatic N) is 2. The largest absolute Gasteiger partial charge is 0.497 e. The maximum Gasteiger partial charge on any atom is 0.348 e. The summed E-state index contributed by atoms with van der Waals surface area (Å²) in [5.74, 6) is 0.581. The molecule has 1 N–H and O–H groups in total. The Morgan fingerprint density at radius 3 is 2.56 bits per heavy atom. The van der Waals surface area contributed by atoms with Gasteiger partial charge in [0.05, 0.1) is 13.2 Å². The quantitative estimate of drug-likeness (QED) is 0.754. The monoisotopic (exact) mass is 365 g/mol. The molecule has 1 heterocycles. The number of nitrogens with one attached hydrogen (secondary N) is 1. The van der Waals surface area contributed by atoms with Gasteiger partial charge in [-0.1, -0.05) is 18.2 Å². The average molecular weight is 365 g/mol. The van der Waals surface area contributed by atoms with E-state index in [9.17, 15) is 9.59 Å². The zero-order valence-electron chi connectivity index (χ0n) is 15.9. The normalized spacial score (nSPS) is 12.0. The predicted octanol–water partition coefficient (Wildman–Crippen LogP) is 2.90. The smallest absolute Gasteiger partial charge is 0.348 e. The van der Waals surface area contributed by atoms with Crippen molar-refractivity contribution >= 4 is 16.7 Å². The molecule has 0 bridgehead atoms. The first-order chi connectivity index (χ1) is 12.9. The number of hydrogen-bond acceptors (Lipinski definition) is 4. The van der Waals surface area contributed by atoms with E-state index in [0.717, 1.165) is 27.8 Å². The predicted molar refractivity (Wildman–Crippen MR) is 105 cm³/mol. The number of aromatic nitrogens is 2. The highest BCUT2D eigenvalue weighted by Gasteiger charge is 2.13. The molecule has 0 unspecified atom stereocenters. The van der Waals surface area contributed by atoms with Gasteiger partial charge in [0.25, 0.3) is 0 Å². The molecule has 3 rings (SSSR count). The molecule has 0 aliphatic heterocycles. The molecule has 0 saturated heterocycles. The maximum atomic E-state index is 12.4. The summed E-state index contributed by atoms with van der Waals surface area (Å²) < 4.78 is 6.62. The van der Waals surface area contributed by atoms with Crippen LogP contribution in [0, 0.1) is 13.8 Å². The average Bonchev–Trinajstić information content (AvgIpc) is 2.63. The molecule has 1 amide bonds. The zero-order chi connectivity index (χ0) is 19.6. The molecule has 0 radical (unpaired) electrons. The van der Waals surface area contributed by atoms with E-state index in [2.05, 4.69) is 10.3 Å². The minimum atomic E-state index is -0.407. The number of aryl methyl sites for hydroxylation is 2. The van der Waals surface area contributed by atoms with Gasteiger partial charge in [0.1, 0.15) is 12.3 Å². The number of fused-ring (bicyclic) bond motifs is 1. The SMILES string of the molecule is COc1ccc2cc([C@H](C)NC(=O)Cn3c(C)cc(C)nc3=O)ccc2c1. The van der Waals surface area contributed by atoms with Gasteiger partial charge in [-0.3, -0.25) is 9.36 Å². The molecule has 0 saturated carbocycles. The first-order valence-electron chi connectivity index (χ1n) is 8.79. The van der Waals surface area contributed by atoms with Crippen LogP contribution in [0.5, 0.6) is 5.75 Å². The maximum absolute atomic E-state index is 12.4. The first-order valence-corrected chi connectivity index (χ1v) is 8.79. The van der Waals surface area contributed by atoms with Crippen molar-refractivity contribution in [3.63, 3.8) is 0 Å². The molecule has 1 aromatic heterocycles.